The lowest BCUT2D eigenvalue weighted by atomic mass is 10.2. The van der Waals surface area contributed by atoms with Gasteiger partial charge in [0.15, 0.2) is 11.5 Å². The summed E-state index contributed by atoms with van der Waals surface area (Å²) < 4.78 is 10.1. The van der Waals surface area contributed by atoms with E-state index in [0.717, 1.165) is 11.8 Å². The van der Waals surface area contributed by atoms with Crippen molar-refractivity contribution < 1.29 is 9.47 Å². The van der Waals surface area contributed by atoms with Crippen molar-refractivity contribution in [2.24, 2.45) is 0 Å². The van der Waals surface area contributed by atoms with Crippen molar-refractivity contribution in [3.05, 3.63) is 17.7 Å². The zero-order valence-electron chi connectivity index (χ0n) is 8.27. The summed E-state index contributed by atoms with van der Waals surface area (Å²) in [6, 6.07) is 5.17. The van der Waals surface area contributed by atoms with Gasteiger partial charge in [-0.1, -0.05) is 0 Å². The molecule has 1 rings (SSSR count). The van der Waals surface area contributed by atoms with E-state index in [-0.39, 0.29) is 0 Å². The number of hydrogen-bond acceptors (Lipinski definition) is 5. The SMILES string of the molecule is COc1cc(C#N)c(SC#N)cc1OC. The van der Waals surface area contributed by atoms with Gasteiger partial charge in [-0.3, -0.25) is 0 Å². The number of thioether (sulfide) groups is 1. The van der Waals surface area contributed by atoms with Crippen molar-refractivity contribution in [2.75, 3.05) is 14.2 Å². The van der Waals surface area contributed by atoms with Gasteiger partial charge < -0.3 is 9.47 Å². The van der Waals surface area contributed by atoms with Crippen LogP contribution in [0.2, 0.25) is 0 Å². The summed E-state index contributed by atoms with van der Waals surface area (Å²) in [5, 5.41) is 19.3. The molecule has 0 unspecified atom stereocenters. The zero-order chi connectivity index (χ0) is 11.3. The molecular weight excluding hydrogens is 212 g/mol. The third kappa shape index (κ3) is 2.34. The number of nitrogens with zero attached hydrogens (tertiary/aromatic N) is 2. The Bertz CT molecular complexity index is 446. The van der Waals surface area contributed by atoms with Crippen LogP contribution in [0.1, 0.15) is 5.56 Å². The first-order chi connectivity index (χ1) is 7.26. The first-order valence-corrected chi connectivity index (χ1v) is 4.80. The Hall–Kier alpha value is -1.85. The lowest BCUT2D eigenvalue weighted by molar-refractivity contribution is 0.354. The highest BCUT2D eigenvalue weighted by Gasteiger charge is 2.11. The molecule has 76 valence electrons. The minimum Gasteiger partial charge on any atom is -0.493 e. The summed E-state index contributed by atoms with van der Waals surface area (Å²) in [7, 11) is 3.00. The molecular formula is C10H8N2O2S. The average molecular weight is 220 g/mol. The van der Waals surface area contributed by atoms with Crippen molar-refractivity contribution >= 4 is 11.8 Å². The van der Waals surface area contributed by atoms with Gasteiger partial charge in [0.25, 0.3) is 0 Å². The van der Waals surface area contributed by atoms with Crippen molar-refractivity contribution in [1.82, 2.24) is 0 Å². The van der Waals surface area contributed by atoms with Gasteiger partial charge in [0.1, 0.15) is 11.5 Å². The van der Waals surface area contributed by atoms with Crippen LogP contribution >= 0.6 is 11.8 Å². The minimum atomic E-state index is 0.402. The van der Waals surface area contributed by atoms with Gasteiger partial charge in [-0.2, -0.15) is 10.5 Å². The number of nitriles is 2. The Balaban J connectivity index is 3.30. The van der Waals surface area contributed by atoms with Gasteiger partial charge in [-0.05, 0) is 17.8 Å². The molecule has 0 N–H and O–H groups in total. The highest BCUT2D eigenvalue weighted by atomic mass is 32.2. The smallest absolute Gasteiger partial charge is 0.162 e. The fraction of sp³-hybridized carbons (Fsp3) is 0.200. The van der Waals surface area contributed by atoms with Crippen LogP contribution in [-0.4, -0.2) is 14.2 Å². The number of hydrogen-bond donors (Lipinski definition) is 0. The first kappa shape index (κ1) is 11.2. The topological polar surface area (TPSA) is 66.0 Å². The molecule has 0 amide bonds. The van der Waals surface area contributed by atoms with E-state index >= 15 is 0 Å². The van der Waals surface area contributed by atoms with Crippen LogP contribution in [0.4, 0.5) is 0 Å². The highest BCUT2D eigenvalue weighted by molar-refractivity contribution is 8.03. The summed E-state index contributed by atoms with van der Waals surface area (Å²) in [6.45, 7) is 0. The largest absolute Gasteiger partial charge is 0.493 e. The lowest BCUT2D eigenvalue weighted by Crippen LogP contribution is -1.92. The molecule has 0 aliphatic rings. The van der Waals surface area contributed by atoms with Crippen molar-refractivity contribution in [3.8, 4) is 23.0 Å². The molecule has 0 aliphatic carbocycles. The summed E-state index contributed by atoms with van der Waals surface area (Å²) >= 11 is 0.923. The quantitative estimate of drug-likeness (QED) is 0.576. The van der Waals surface area contributed by atoms with E-state index in [2.05, 4.69) is 0 Å². The van der Waals surface area contributed by atoms with Crippen LogP contribution in [0.15, 0.2) is 17.0 Å². The molecule has 0 aliphatic heterocycles. The molecule has 0 atom stereocenters. The van der Waals surface area contributed by atoms with E-state index in [1.165, 1.54) is 14.2 Å². The average Bonchev–Trinajstić information content (AvgIpc) is 2.28. The normalized spacial score (nSPS) is 8.80. The highest BCUT2D eigenvalue weighted by Crippen LogP contribution is 2.34. The second-order valence-electron chi connectivity index (χ2n) is 2.51. The molecule has 0 spiro atoms. The Kier molecular flexibility index (Phi) is 3.84. The summed E-state index contributed by atoms with van der Waals surface area (Å²) in [5.41, 5.74) is 0.402. The van der Waals surface area contributed by atoms with Crippen molar-refractivity contribution in [1.29, 1.82) is 10.5 Å². The van der Waals surface area contributed by atoms with Crippen molar-refractivity contribution in [3.63, 3.8) is 0 Å². The first-order valence-electron chi connectivity index (χ1n) is 3.98. The van der Waals surface area contributed by atoms with Crippen LogP contribution in [0.5, 0.6) is 11.5 Å². The maximum atomic E-state index is 8.86. The predicted octanol–water partition coefficient (Wildman–Crippen LogP) is 2.15. The molecule has 0 aromatic heterocycles. The second kappa shape index (κ2) is 5.14. The zero-order valence-corrected chi connectivity index (χ0v) is 9.09. The van der Waals surface area contributed by atoms with Crippen molar-refractivity contribution in [2.45, 2.75) is 4.90 Å². The third-order valence-corrected chi connectivity index (χ3v) is 2.41. The van der Waals surface area contributed by atoms with Crippen LogP contribution in [0.25, 0.3) is 0 Å². The number of benzene rings is 1. The van der Waals surface area contributed by atoms with Crippen LogP contribution < -0.4 is 9.47 Å². The molecule has 0 saturated heterocycles. The van der Waals surface area contributed by atoms with Gasteiger partial charge >= 0.3 is 0 Å². The Morgan fingerprint density at radius 2 is 1.73 bits per heavy atom. The predicted molar refractivity (Wildman–Crippen MR) is 55.7 cm³/mol. The van der Waals surface area contributed by atoms with E-state index in [0.29, 0.717) is 22.0 Å². The van der Waals surface area contributed by atoms with Gasteiger partial charge in [0, 0.05) is 11.0 Å². The fourth-order valence-corrected chi connectivity index (χ4v) is 1.56. The molecule has 4 nitrogen and oxygen atoms in total. The molecule has 5 heteroatoms. The van der Waals surface area contributed by atoms with E-state index in [4.69, 9.17) is 20.0 Å². The van der Waals surface area contributed by atoms with Crippen LogP contribution in [0, 0.1) is 22.0 Å². The molecule has 0 radical (unpaired) electrons. The van der Waals surface area contributed by atoms with Gasteiger partial charge in [-0.15, -0.1) is 0 Å². The molecule has 0 fully saturated rings. The van der Waals surface area contributed by atoms with Gasteiger partial charge in [0.05, 0.1) is 19.8 Å². The standard InChI is InChI=1S/C10H8N2O2S/c1-13-8-3-7(5-11)10(15-6-12)4-9(8)14-2/h3-4H,1-2H3. The molecule has 0 saturated carbocycles. The number of ether oxygens (including phenoxy) is 2. The van der Waals surface area contributed by atoms with Crippen LogP contribution in [-0.2, 0) is 0 Å². The van der Waals surface area contributed by atoms with E-state index in [1.807, 2.05) is 11.5 Å². The second-order valence-corrected chi connectivity index (χ2v) is 3.34. The van der Waals surface area contributed by atoms with Crippen LogP contribution in [0.3, 0.4) is 0 Å². The molecule has 0 bridgehead atoms. The van der Waals surface area contributed by atoms with Gasteiger partial charge in [-0.25, -0.2) is 0 Å². The van der Waals surface area contributed by atoms with Gasteiger partial charge in [0.2, 0.25) is 0 Å². The Labute approximate surface area is 92.0 Å². The fourth-order valence-electron chi connectivity index (χ4n) is 1.08. The summed E-state index contributed by atoms with van der Waals surface area (Å²) in [6.07, 6.45) is 0. The van der Waals surface area contributed by atoms with E-state index in [9.17, 15) is 0 Å². The third-order valence-electron chi connectivity index (χ3n) is 1.76. The summed E-state index contributed by atoms with van der Waals surface area (Å²) in [4.78, 5) is 0.567. The van der Waals surface area contributed by atoms with E-state index < -0.39 is 0 Å². The number of thiocyanates is 1. The lowest BCUT2D eigenvalue weighted by Gasteiger charge is -2.09. The molecule has 15 heavy (non-hydrogen) atoms. The molecule has 1 aromatic carbocycles. The molecule has 1 aromatic rings. The maximum absolute atomic E-state index is 8.86. The summed E-state index contributed by atoms with van der Waals surface area (Å²) in [5.74, 6) is 0.991. The number of rotatable bonds is 3. The Morgan fingerprint density at radius 3 is 2.20 bits per heavy atom. The monoisotopic (exact) mass is 220 g/mol. The van der Waals surface area contributed by atoms with E-state index in [1.54, 1.807) is 12.1 Å². The molecule has 0 heterocycles. The number of methoxy groups -OCH3 is 2. The minimum absolute atomic E-state index is 0.402. The maximum Gasteiger partial charge on any atom is 0.162 e. The Morgan fingerprint density at radius 1 is 1.13 bits per heavy atom.